The quantitative estimate of drug-likeness (QED) is 0.0314. The third kappa shape index (κ3) is 22.4. The standard InChI is InChI=1S/C66H90N18O13S/c1-36(2)33-50-62(93)76-45(22-27-67)57(88)75-48(25-30-70)61(92)81-54(37(3)85)64(95)73-32-26-49(60(91)74-46(23-28-68)59(90)80-51(63(94)79-50)34-39-13-7-6-8-14-39)77-58(89)47(24-29-69)78-65(96)55(38(4)86)82-66(97)84-52-35-41(98-53-17-10-9-16-43(53)56(87)71-5)19-20-42(52)44(83-84)21-18-40-15-11-12-31-72-40/h6-21,31,35-38,45-51,54-55,85-86H,22-30,32-34,67-70H2,1-5H3,(H,71,87)(H,73,95)(H,74,91)(H,75,88)(H,76,93)(H,77,89)(H,78,96)(H,79,94)(H,80,90)(H,81,92)(H,82,97)/b21-18+/t37-,38-,45+,46+,47+,48+,49+,50+,51-,54+,55+/m1/s1. The number of carbonyl (C=O) groups is 11. The number of aliphatic hydroxyl groups is 2. The van der Waals surface area contributed by atoms with Crippen molar-refractivity contribution in [3.63, 3.8) is 0 Å². The highest BCUT2D eigenvalue weighted by atomic mass is 32.2. The van der Waals surface area contributed by atoms with Gasteiger partial charge in [-0.2, -0.15) is 9.78 Å². The zero-order valence-electron chi connectivity index (χ0n) is 55.3. The van der Waals surface area contributed by atoms with Gasteiger partial charge in [0.25, 0.3) is 5.91 Å². The topological polar surface area (TPSA) is 495 Å². The van der Waals surface area contributed by atoms with E-state index in [-0.39, 0.29) is 82.0 Å². The first-order valence-electron chi connectivity index (χ1n) is 32.2. The number of benzene rings is 3. The highest BCUT2D eigenvalue weighted by Gasteiger charge is 2.37. The number of pyridine rings is 1. The molecule has 0 unspecified atom stereocenters. The number of amides is 11. The Morgan fingerprint density at radius 3 is 1.83 bits per heavy atom. The summed E-state index contributed by atoms with van der Waals surface area (Å²) in [6.07, 6.45) is 0.235. The van der Waals surface area contributed by atoms with Gasteiger partial charge in [0.1, 0.15) is 54.4 Å². The van der Waals surface area contributed by atoms with Crippen LogP contribution in [0.2, 0.25) is 0 Å². The SMILES string of the molecule is CNC(=O)c1ccccc1Sc1ccc2c(/C=C/c3ccccn3)nn(C(=O)N[C@H](C(=O)N[C@@H](CCN)C(=O)N[C@H]3CCNC(=O)[C@H]([C@@H](C)O)NC(=O)[C@H](CCN)NC(=O)[C@H](CCN)NC(=O)[C@H](CC(C)C)NC(=O)[C@@H](Cc4ccccc4)NC(=O)[C@H](CCN)NC3=O)[C@@H](C)O)c2c1. The predicted molar refractivity (Wildman–Crippen MR) is 365 cm³/mol. The summed E-state index contributed by atoms with van der Waals surface area (Å²) >= 11 is 1.24. The van der Waals surface area contributed by atoms with Crippen LogP contribution in [0.5, 0.6) is 0 Å². The third-order valence-corrected chi connectivity index (χ3v) is 16.7. The molecular weight excluding hydrogens is 1280 g/mol. The first-order valence-corrected chi connectivity index (χ1v) is 33.0. The lowest BCUT2D eigenvalue weighted by Gasteiger charge is -2.28. The summed E-state index contributed by atoms with van der Waals surface area (Å²) in [5, 5.41) is 55.5. The van der Waals surface area contributed by atoms with Crippen molar-refractivity contribution < 1.29 is 63.0 Å². The Morgan fingerprint density at radius 1 is 0.653 bits per heavy atom. The molecule has 5 aromatic rings. The van der Waals surface area contributed by atoms with Crippen LogP contribution in [0.1, 0.15) is 93.5 Å². The average Bonchev–Trinajstić information content (AvgIpc) is 1.62. The summed E-state index contributed by atoms with van der Waals surface area (Å²) in [5.74, 6) is -9.14. The normalized spacial score (nSPS) is 20.8. The Kier molecular flexibility index (Phi) is 30.2. The maximum Gasteiger partial charge on any atom is 0.343 e. The number of aromatic nitrogens is 3. The third-order valence-electron chi connectivity index (χ3n) is 15.6. The van der Waals surface area contributed by atoms with E-state index in [1.165, 1.54) is 32.7 Å². The van der Waals surface area contributed by atoms with Crippen LogP contribution in [0.15, 0.2) is 107 Å². The van der Waals surface area contributed by atoms with E-state index in [0.717, 1.165) is 4.68 Å². The molecule has 2 aromatic heterocycles. The maximum atomic E-state index is 14.7. The molecule has 0 radical (unpaired) electrons. The molecule has 1 aliphatic rings. The Labute approximate surface area is 571 Å². The van der Waals surface area contributed by atoms with E-state index in [2.05, 4.69) is 68.6 Å². The van der Waals surface area contributed by atoms with Crippen LogP contribution < -0.4 is 81.4 Å². The Bertz CT molecular complexity index is 3620. The number of hydrogen-bond donors (Lipinski definition) is 17. The Hall–Kier alpha value is -9.70. The van der Waals surface area contributed by atoms with E-state index in [1.807, 2.05) is 0 Å². The van der Waals surface area contributed by atoms with Gasteiger partial charge in [-0.05, 0) is 145 Å². The molecule has 98 heavy (non-hydrogen) atoms. The molecule has 0 spiro atoms. The van der Waals surface area contributed by atoms with Gasteiger partial charge in [-0.25, -0.2) is 4.79 Å². The van der Waals surface area contributed by atoms with Gasteiger partial charge in [0.2, 0.25) is 53.2 Å². The van der Waals surface area contributed by atoms with Crippen molar-refractivity contribution in [3.8, 4) is 0 Å². The molecule has 11 amide bonds. The van der Waals surface area contributed by atoms with Gasteiger partial charge in [0, 0.05) is 41.4 Å². The molecule has 21 N–H and O–H groups in total. The minimum absolute atomic E-state index is 0.0346. The van der Waals surface area contributed by atoms with E-state index < -0.39 is 139 Å². The fourth-order valence-electron chi connectivity index (χ4n) is 10.5. The second-order valence-electron chi connectivity index (χ2n) is 23.8. The summed E-state index contributed by atoms with van der Waals surface area (Å²) in [7, 11) is 1.51. The van der Waals surface area contributed by atoms with Gasteiger partial charge in [0.05, 0.1) is 34.7 Å². The molecule has 3 aromatic carbocycles. The van der Waals surface area contributed by atoms with Gasteiger partial charge in [0.15, 0.2) is 0 Å². The monoisotopic (exact) mass is 1370 g/mol. The van der Waals surface area contributed by atoms with Gasteiger partial charge in [-0.3, -0.25) is 52.9 Å². The Balaban J connectivity index is 1.33. The predicted octanol–water partition coefficient (Wildman–Crippen LogP) is -2.12. The molecule has 6 rings (SSSR count). The van der Waals surface area contributed by atoms with Crippen LogP contribution in [0.4, 0.5) is 4.79 Å². The van der Waals surface area contributed by atoms with Crippen molar-refractivity contribution in [2.24, 2.45) is 28.9 Å². The van der Waals surface area contributed by atoms with E-state index >= 15 is 0 Å². The zero-order valence-corrected chi connectivity index (χ0v) is 56.1. The van der Waals surface area contributed by atoms with E-state index in [1.54, 1.807) is 123 Å². The van der Waals surface area contributed by atoms with Crippen LogP contribution in [-0.4, -0.2) is 196 Å². The number of rotatable bonds is 24. The second-order valence-corrected chi connectivity index (χ2v) is 24.9. The number of nitrogens with zero attached hydrogens (tertiary/aromatic N) is 3. The smallest absolute Gasteiger partial charge is 0.343 e. The number of aliphatic hydroxyl groups excluding tert-OH is 2. The van der Waals surface area contributed by atoms with Crippen molar-refractivity contribution in [2.45, 2.75) is 149 Å². The lowest BCUT2D eigenvalue weighted by atomic mass is 10.00. The van der Waals surface area contributed by atoms with E-state index in [9.17, 15) is 63.0 Å². The van der Waals surface area contributed by atoms with Gasteiger partial charge < -0.3 is 91.6 Å². The number of carbonyl (C=O) groups excluding carboxylic acids is 11. The molecule has 1 saturated heterocycles. The lowest BCUT2D eigenvalue weighted by molar-refractivity contribution is -0.136. The molecule has 0 aliphatic carbocycles. The van der Waals surface area contributed by atoms with Crippen molar-refractivity contribution in [2.75, 3.05) is 39.8 Å². The second kappa shape index (κ2) is 38.3. The fraction of sp³-hybridized carbons (Fsp3) is 0.439. The zero-order chi connectivity index (χ0) is 71.6. The highest BCUT2D eigenvalue weighted by Crippen LogP contribution is 2.34. The van der Waals surface area contributed by atoms with Crippen LogP contribution in [0, 0.1) is 5.92 Å². The first-order chi connectivity index (χ1) is 46.9. The number of nitrogens with two attached hydrogens (primary N) is 4. The summed E-state index contributed by atoms with van der Waals surface area (Å²) in [5.41, 5.74) is 25.9. The van der Waals surface area contributed by atoms with Crippen LogP contribution in [-0.2, 0) is 49.6 Å². The van der Waals surface area contributed by atoms with Crippen molar-refractivity contribution in [3.05, 3.63) is 120 Å². The summed E-state index contributed by atoms with van der Waals surface area (Å²) in [6, 6.07) is 11.1. The van der Waals surface area contributed by atoms with Crippen LogP contribution in [0.25, 0.3) is 23.1 Å². The van der Waals surface area contributed by atoms with Crippen molar-refractivity contribution in [1.29, 1.82) is 0 Å². The molecule has 1 aliphatic heterocycles. The minimum atomic E-state index is -1.79. The molecule has 528 valence electrons. The van der Waals surface area contributed by atoms with Crippen molar-refractivity contribution in [1.82, 2.24) is 73.2 Å². The molecule has 0 saturated carbocycles. The number of fused-ring (bicyclic) bond motifs is 1. The van der Waals surface area contributed by atoms with E-state index in [0.29, 0.717) is 37.7 Å². The lowest BCUT2D eigenvalue weighted by Crippen LogP contribution is -2.61. The van der Waals surface area contributed by atoms with Gasteiger partial charge >= 0.3 is 6.03 Å². The molecule has 0 bridgehead atoms. The maximum absolute atomic E-state index is 14.7. The van der Waals surface area contributed by atoms with Crippen LogP contribution >= 0.6 is 11.8 Å². The molecule has 1 fully saturated rings. The summed E-state index contributed by atoms with van der Waals surface area (Å²) in [6.45, 7) is 4.76. The van der Waals surface area contributed by atoms with Crippen molar-refractivity contribution >= 4 is 99.9 Å². The minimum Gasteiger partial charge on any atom is -0.391 e. The fourth-order valence-corrected chi connectivity index (χ4v) is 11.5. The number of hydrogen-bond acceptors (Lipinski definition) is 20. The molecule has 32 heteroatoms. The summed E-state index contributed by atoms with van der Waals surface area (Å²) < 4.78 is 0.992. The first kappa shape index (κ1) is 77.3. The molecule has 11 atom stereocenters. The van der Waals surface area contributed by atoms with Crippen LogP contribution in [0.3, 0.4) is 0 Å². The number of nitrogens with one attached hydrogen (secondary N) is 11. The summed E-state index contributed by atoms with van der Waals surface area (Å²) in [4.78, 5) is 162. The van der Waals surface area contributed by atoms with Gasteiger partial charge in [-0.1, -0.05) is 74.1 Å². The molecule has 3 heterocycles. The average molecular weight is 1380 g/mol. The largest absolute Gasteiger partial charge is 0.391 e. The molecular formula is C66H90N18O13S. The van der Waals surface area contributed by atoms with E-state index in [4.69, 9.17) is 22.9 Å². The van der Waals surface area contributed by atoms with Gasteiger partial charge in [-0.15, -0.1) is 0 Å². The molecule has 31 nitrogen and oxygen atoms in total. The highest BCUT2D eigenvalue weighted by molar-refractivity contribution is 7.99. The Morgan fingerprint density at radius 2 is 1.23 bits per heavy atom.